The van der Waals surface area contributed by atoms with Gasteiger partial charge in [0.05, 0.1) is 26.9 Å². The van der Waals surface area contributed by atoms with Crippen molar-refractivity contribution in [3.8, 4) is 0 Å². The largest absolute Gasteiger partial charge is 0.450 e. The number of non-ortho nitro benzene ring substituents is 1. The molecule has 0 aliphatic carbocycles. The van der Waals surface area contributed by atoms with Crippen molar-refractivity contribution >= 4 is 40.0 Å². The van der Waals surface area contributed by atoms with E-state index in [-0.39, 0.29) is 33.8 Å². The van der Waals surface area contributed by atoms with E-state index >= 15 is 0 Å². The zero-order valence-corrected chi connectivity index (χ0v) is 16.7. The van der Waals surface area contributed by atoms with E-state index in [1.807, 2.05) is 0 Å². The number of hydrogen-bond acceptors (Lipinski definition) is 6. The number of pyridine rings is 1. The molecule has 0 fully saturated rings. The number of carbonyl (C=O) groups excluding carboxylic acids is 1. The van der Waals surface area contributed by atoms with Crippen LogP contribution in [0, 0.1) is 15.9 Å². The lowest BCUT2D eigenvalue weighted by Crippen LogP contribution is -2.30. The number of carbonyl (C=O) groups is 1. The van der Waals surface area contributed by atoms with Crippen molar-refractivity contribution in [3.63, 3.8) is 0 Å². The van der Waals surface area contributed by atoms with Gasteiger partial charge in [0.15, 0.2) is 5.43 Å². The number of fused-ring (bicyclic) bond motifs is 2. The highest BCUT2D eigenvalue weighted by Gasteiger charge is 2.44. The van der Waals surface area contributed by atoms with Crippen molar-refractivity contribution in [2.45, 2.75) is 6.04 Å². The van der Waals surface area contributed by atoms with Gasteiger partial charge in [0.2, 0.25) is 5.76 Å². The number of nitro groups is 1. The summed E-state index contributed by atoms with van der Waals surface area (Å²) >= 11 is 5.92. The van der Waals surface area contributed by atoms with E-state index in [2.05, 4.69) is 4.98 Å². The van der Waals surface area contributed by atoms with Crippen LogP contribution in [-0.4, -0.2) is 15.8 Å². The number of benzene rings is 2. The van der Waals surface area contributed by atoms with Crippen LogP contribution in [0.15, 0.2) is 70.0 Å². The van der Waals surface area contributed by atoms with E-state index in [0.29, 0.717) is 10.6 Å². The molecule has 2 aromatic carbocycles. The molecule has 0 radical (unpaired) electrons. The normalized spacial score (nSPS) is 15.2. The first-order chi connectivity index (χ1) is 15.3. The summed E-state index contributed by atoms with van der Waals surface area (Å²) < 4.78 is 19.5. The number of nitrogens with zero attached hydrogens (tertiary/aromatic N) is 3. The van der Waals surface area contributed by atoms with Gasteiger partial charge in [0.25, 0.3) is 11.6 Å². The zero-order chi connectivity index (χ0) is 22.6. The van der Waals surface area contributed by atoms with Gasteiger partial charge in [-0.25, -0.2) is 9.37 Å². The molecule has 0 saturated carbocycles. The van der Waals surface area contributed by atoms with Gasteiger partial charge < -0.3 is 4.42 Å². The molecule has 2 aromatic heterocycles. The number of hydrogen-bond donors (Lipinski definition) is 0. The molecule has 0 bridgehead atoms. The molecule has 8 nitrogen and oxygen atoms in total. The minimum Gasteiger partial charge on any atom is -0.450 e. The van der Waals surface area contributed by atoms with Crippen LogP contribution < -0.4 is 10.3 Å². The predicted octanol–water partition coefficient (Wildman–Crippen LogP) is 4.64. The van der Waals surface area contributed by atoms with Gasteiger partial charge in [-0.1, -0.05) is 11.6 Å². The lowest BCUT2D eigenvalue weighted by molar-refractivity contribution is -0.384. The SMILES string of the molecule is O=C1c2oc3ccc(F)cc3c(=O)c2C(c2ccc([N+](=O)[O-])cc2)N1c1ccc(Cl)cn1. The molecule has 1 atom stereocenters. The first-order valence-electron chi connectivity index (χ1n) is 9.31. The van der Waals surface area contributed by atoms with Crippen LogP contribution >= 0.6 is 11.6 Å². The number of aromatic nitrogens is 1. The molecular formula is C22H11ClFN3O5. The second-order valence-corrected chi connectivity index (χ2v) is 7.51. The molecule has 0 saturated heterocycles. The van der Waals surface area contributed by atoms with Gasteiger partial charge in [-0.2, -0.15) is 0 Å². The molecule has 0 N–H and O–H groups in total. The molecule has 1 unspecified atom stereocenters. The molecule has 10 heteroatoms. The van der Waals surface area contributed by atoms with E-state index in [4.69, 9.17) is 16.0 Å². The highest BCUT2D eigenvalue weighted by Crippen LogP contribution is 2.41. The predicted molar refractivity (Wildman–Crippen MR) is 113 cm³/mol. The Kier molecular flexibility index (Phi) is 4.49. The van der Waals surface area contributed by atoms with Crippen molar-refractivity contribution in [1.29, 1.82) is 0 Å². The monoisotopic (exact) mass is 451 g/mol. The Morgan fingerprint density at radius 1 is 1.09 bits per heavy atom. The third-order valence-electron chi connectivity index (χ3n) is 5.21. The molecule has 32 heavy (non-hydrogen) atoms. The Balaban J connectivity index is 1.78. The fourth-order valence-electron chi connectivity index (χ4n) is 3.79. The highest BCUT2D eigenvalue weighted by atomic mass is 35.5. The van der Waals surface area contributed by atoms with Crippen LogP contribution in [0.3, 0.4) is 0 Å². The average molecular weight is 452 g/mol. The number of nitro benzene ring substituents is 1. The van der Waals surface area contributed by atoms with Crippen molar-refractivity contribution in [3.05, 3.63) is 109 Å². The Labute approximate surface area is 183 Å². The van der Waals surface area contributed by atoms with Crippen LogP contribution in [0.1, 0.15) is 27.7 Å². The molecule has 1 aliphatic heterocycles. The Bertz CT molecular complexity index is 1470. The number of anilines is 1. The topological polar surface area (TPSA) is 107 Å². The first kappa shape index (κ1) is 19.8. The lowest BCUT2D eigenvalue weighted by atomic mass is 9.98. The Morgan fingerprint density at radius 2 is 1.84 bits per heavy atom. The van der Waals surface area contributed by atoms with E-state index < -0.39 is 28.1 Å². The minimum atomic E-state index is -0.990. The van der Waals surface area contributed by atoms with Crippen molar-refractivity contribution in [2.24, 2.45) is 0 Å². The summed E-state index contributed by atoms with van der Waals surface area (Å²) in [7, 11) is 0. The van der Waals surface area contributed by atoms with Gasteiger partial charge in [0.1, 0.15) is 17.2 Å². The third kappa shape index (κ3) is 3.02. The third-order valence-corrected chi connectivity index (χ3v) is 5.43. The molecule has 5 rings (SSSR count). The minimum absolute atomic E-state index is 0.00120. The molecule has 3 heterocycles. The maximum atomic E-state index is 13.8. The number of rotatable bonds is 3. The lowest BCUT2D eigenvalue weighted by Gasteiger charge is -2.24. The Hall–Kier alpha value is -4.11. The summed E-state index contributed by atoms with van der Waals surface area (Å²) in [6, 6.07) is 10.9. The summed E-state index contributed by atoms with van der Waals surface area (Å²) in [5.41, 5.74) is -0.242. The summed E-state index contributed by atoms with van der Waals surface area (Å²) in [5, 5.41) is 11.4. The van der Waals surface area contributed by atoms with E-state index in [1.165, 1.54) is 53.6 Å². The van der Waals surface area contributed by atoms with Crippen LogP contribution in [0.4, 0.5) is 15.9 Å². The second-order valence-electron chi connectivity index (χ2n) is 7.08. The number of halogens is 2. The maximum Gasteiger partial charge on any atom is 0.296 e. The van der Waals surface area contributed by atoms with Gasteiger partial charge in [0, 0.05) is 18.3 Å². The molecular weight excluding hydrogens is 441 g/mol. The standard InChI is InChI=1S/C22H11ClFN3O5/c23-12-3-8-17(25-10-12)26-19(11-1-5-14(6-2-11)27(30)31)18-20(28)15-9-13(24)4-7-16(15)32-21(18)22(26)29/h1-10,19H. The van der Waals surface area contributed by atoms with Crippen molar-refractivity contribution in [2.75, 3.05) is 4.90 Å². The average Bonchev–Trinajstić information content (AvgIpc) is 3.07. The fourth-order valence-corrected chi connectivity index (χ4v) is 3.90. The Morgan fingerprint density at radius 3 is 2.50 bits per heavy atom. The highest BCUT2D eigenvalue weighted by molar-refractivity contribution is 6.30. The molecule has 1 amide bonds. The van der Waals surface area contributed by atoms with Crippen molar-refractivity contribution in [1.82, 2.24) is 4.98 Å². The molecule has 158 valence electrons. The van der Waals surface area contributed by atoms with Gasteiger partial charge in [-0.3, -0.25) is 24.6 Å². The van der Waals surface area contributed by atoms with Crippen molar-refractivity contribution < 1.29 is 18.5 Å². The zero-order valence-electron chi connectivity index (χ0n) is 16.0. The van der Waals surface area contributed by atoms with Gasteiger partial charge in [-0.15, -0.1) is 0 Å². The van der Waals surface area contributed by atoms with E-state index in [1.54, 1.807) is 0 Å². The maximum absolute atomic E-state index is 13.8. The summed E-state index contributed by atoms with van der Waals surface area (Å²) in [5.74, 6) is -1.25. The molecule has 4 aromatic rings. The fraction of sp³-hybridized carbons (Fsp3) is 0.0455. The summed E-state index contributed by atoms with van der Waals surface area (Å²) in [6.07, 6.45) is 1.35. The quantitative estimate of drug-likeness (QED) is 0.332. The second kappa shape index (κ2) is 7.24. The molecule has 1 aliphatic rings. The van der Waals surface area contributed by atoms with Crippen LogP contribution in [0.25, 0.3) is 11.0 Å². The summed E-state index contributed by atoms with van der Waals surface area (Å²) in [6.45, 7) is 0. The van der Waals surface area contributed by atoms with Gasteiger partial charge in [-0.05, 0) is 48.0 Å². The van der Waals surface area contributed by atoms with E-state index in [0.717, 1.165) is 12.1 Å². The van der Waals surface area contributed by atoms with Crippen LogP contribution in [-0.2, 0) is 0 Å². The first-order valence-corrected chi connectivity index (χ1v) is 9.68. The smallest absolute Gasteiger partial charge is 0.296 e. The van der Waals surface area contributed by atoms with E-state index in [9.17, 15) is 24.1 Å². The van der Waals surface area contributed by atoms with Crippen LogP contribution in [0.5, 0.6) is 0 Å². The van der Waals surface area contributed by atoms with Gasteiger partial charge >= 0.3 is 0 Å². The summed E-state index contributed by atoms with van der Waals surface area (Å²) in [4.78, 5) is 42.6. The van der Waals surface area contributed by atoms with Crippen LogP contribution in [0.2, 0.25) is 5.02 Å². The number of amides is 1. The molecule has 0 spiro atoms.